The van der Waals surface area contributed by atoms with Gasteiger partial charge in [-0.1, -0.05) is 35.2 Å². The molecule has 1 aliphatic heterocycles. The van der Waals surface area contributed by atoms with Crippen LogP contribution in [0, 0.1) is 5.82 Å². The number of ketones is 1. The number of nitrogens with one attached hydrogen (secondary N) is 1. The molecule has 0 fully saturated rings. The van der Waals surface area contributed by atoms with Crippen LogP contribution in [0.1, 0.15) is 27.9 Å². The minimum absolute atomic E-state index is 0.0506. The van der Waals surface area contributed by atoms with Crippen molar-refractivity contribution in [2.45, 2.75) is 23.7 Å². The summed E-state index contributed by atoms with van der Waals surface area (Å²) >= 11 is 2.66. The molecule has 0 spiro atoms. The van der Waals surface area contributed by atoms with Gasteiger partial charge in [0.25, 0.3) is 0 Å². The van der Waals surface area contributed by atoms with Crippen LogP contribution in [-0.4, -0.2) is 43.0 Å². The molecule has 3 aromatic rings. The second-order valence-electron chi connectivity index (χ2n) is 7.35. The number of sulfonamides is 1. The summed E-state index contributed by atoms with van der Waals surface area (Å²) in [7, 11) is -3.33. The Balaban J connectivity index is 1.35. The zero-order valence-electron chi connectivity index (χ0n) is 17.2. The van der Waals surface area contributed by atoms with Gasteiger partial charge in [0, 0.05) is 18.7 Å². The maximum absolute atomic E-state index is 13.0. The highest BCUT2D eigenvalue weighted by atomic mass is 32.2. The molecule has 168 valence electrons. The fraction of sp³-hybridized carbons (Fsp3) is 0.286. The Kier molecular flexibility index (Phi) is 6.77. The number of Topliss-reactive ketones (excluding diaryl/α,β-unsaturated/α-hetero) is 1. The van der Waals surface area contributed by atoms with E-state index in [1.807, 2.05) is 0 Å². The highest BCUT2D eigenvalue weighted by Gasteiger charge is 2.24. The fourth-order valence-electron chi connectivity index (χ4n) is 3.41. The number of carbonyl (C=O) groups excluding carboxylic acids is 1. The normalized spacial score (nSPS) is 13.6. The minimum atomic E-state index is -3.33. The SMILES string of the molecule is CS(=O)(=O)N1CCCc2cc(C(=O)CSc3nnc(NCc4ccc(F)cc4)s3)ccc21. The smallest absolute Gasteiger partial charge is 0.232 e. The largest absolute Gasteiger partial charge is 0.356 e. The summed E-state index contributed by atoms with van der Waals surface area (Å²) in [5.74, 6) is -0.119. The van der Waals surface area contributed by atoms with Crippen LogP contribution in [0.3, 0.4) is 0 Å². The molecule has 0 saturated carbocycles. The first-order valence-corrected chi connectivity index (χ1v) is 13.5. The predicted molar refractivity (Wildman–Crippen MR) is 126 cm³/mol. The number of hydrogen-bond donors (Lipinski definition) is 1. The Bertz CT molecular complexity index is 1230. The van der Waals surface area contributed by atoms with E-state index in [0.29, 0.717) is 33.8 Å². The third-order valence-electron chi connectivity index (χ3n) is 4.97. The molecule has 7 nitrogen and oxygen atoms in total. The number of aryl methyl sites for hydroxylation is 1. The van der Waals surface area contributed by atoms with Crippen LogP contribution in [0.5, 0.6) is 0 Å². The van der Waals surface area contributed by atoms with E-state index in [1.165, 1.54) is 45.8 Å². The van der Waals surface area contributed by atoms with E-state index in [4.69, 9.17) is 0 Å². The van der Waals surface area contributed by atoms with E-state index >= 15 is 0 Å². The summed E-state index contributed by atoms with van der Waals surface area (Å²) in [5, 5.41) is 11.9. The van der Waals surface area contributed by atoms with Crippen molar-refractivity contribution in [1.29, 1.82) is 0 Å². The van der Waals surface area contributed by atoms with Crippen molar-refractivity contribution >= 4 is 49.7 Å². The molecule has 0 amide bonds. The van der Waals surface area contributed by atoms with E-state index in [9.17, 15) is 17.6 Å². The van der Waals surface area contributed by atoms with E-state index in [0.717, 1.165) is 24.0 Å². The molecule has 1 N–H and O–H groups in total. The lowest BCUT2D eigenvalue weighted by molar-refractivity contribution is 0.102. The molecule has 0 radical (unpaired) electrons. The number of halogens is 1. The van der Waals surface area contributed by atoms with Gasteiger partial charge in [0.05, 0.1) is 17.7 Å². The lowest BCUT2D eigenvalue weighted by Gasteiger charge is -2.29. The zero-order chi connectivity index (χ0) is 22.7. The van der Waals surface area contributed by atoms with Crippen LogP contribution in [0.2, 0.25) is 0 Å². The van der Waals surface area contributed by atoms with Crippen LogP contribution < -0.4 is 9.62 Å². The fourth-order valence-corrected chi connectivity index (χ4v) is 6.05. The number of aromatic nitrogens is 2. The number of benzene rings is 2. The summed E-state index contributed by atoms with van der Waals surface area (Å²) in [4.78, 5) is 12.7. The van der Waals surface area contributed by atoms with Crippen LogP contribution in [-0.2, 0) is 23.0 Å². The van der Waals surface area contributed by atoms with Gasteiger partial charge in [-0.05, 0) is 54.3 Å². The number of rotatable bonds is 8. The molecule has 0 unspecified atom stereocenters. The Morgan fingerprint density at radius 2 is 2.00 bits per heavy atom. The highest BCUT2D eigenvalue weighted by Crippen LogP contribution is 2.31. The second-order valence-corrected chi connectivity index (χ2v) is 11.5. The number of carbonyl (C=O) groups is 1. The molecular weight excluding hydrogens is 471 g/mol. The molecule has 0 aliphatic carbocycles. The van der Waals surface area contributed by atoms with Crippen LogP contribution >= 0.6 is 23.1 Å². The highest BCUT2D eigenvalue weighted by molar-refractivity contribution is 8.01. The number of nitrogens with zero attached hydrogens (tertiary/aromatic N) is 3. The van der Waals surface area contributed by atoms with Gasteiger partial charge in [-0.2, -0.15) is 0 Å². The van der Waals surface area contributed by atoms with Gasteiger partial charge in [0.2, 0.25) is 15.2 Å². The molecule has 2 heterocycles. The Morgan fingerprint density at radius 1 is 1.22 bits per heavy atom. The van der Waals surface area contributed by atoms with Gasteiger partial charge in [0.1, 0.15) is 5.82 Å². The van der Waals surface area contributed by atoms with Crippen LogP contribution in [0.25, 0.3) is 0 Å². The number of thioether (sulfide) groups is 1. The van der Waals surface area contributed by atoms with Crippen molar-refractivity contribution < 1.29 is 17.6 Å². The van der Waals surface area contributed by atoms with Gasteiger partial charge in [-0.25, -0.2) is 12.8 Å². The first kappa shape index (κ1) is 22.7. The molecular formula is C21H21FN4O3S3. The Morgan fingerprint density at radius 3 is 2.75 bits per heavy atom. The number of fused-ring (bicyclic) bond motifs is 1. The van der Waals surface area contributed by atoms with Crippen LogP contribution in [0.15, 0.2) is 46.8 Å². The minimum Gasteiger partial charge on any atom is -0.356 e. The summed E-state index contributed by atoms with van der Waals surface area (Å²) in [5.41, 5.74) is 3.02. The topological polar surface area (TPSA) is 92.3 Å². The predicted octanol–water partition coefficient (Wildman–Crippen LogP) is 3.98. The lowest BCUT2D eigenvalue weighted by atomic mass is 9.99. The maximum Gasteiger partial charge on any atom is 0.232 e. The van der Waals surface area contributed by atoms with Gasteiger partial charge >= 0.3 is 0 Å². The molecule has 2 aromatic carbocycles. The van der Waals surface area contributed by atoms with Gasteiger partial charge < -0.3 is 5.32 Å². The maximum atomic E-state index is 13.0. The average molecular weight is 493 g/mol. The molecule has 1 aliphatic rings. The Hall–Kier alpha value is -2.50. The van der Waals surface area contributed by atoms with Crippen LogP contribution in [0.4, 0.5) is 15.2 Å². The van der Waals surface area contributed by atoms with E-state index in [1.54, 1.807) is 30.3 Å². The van der Waals surface area contributed by atoms with E-state index in [2.05, 4.69) is 15.5 Å². The van der Waals surface area contributed by atoms with Crippen molar-refractivity contribution in [3.8, 4) is 0 Å². The molecule has 0 atom stereocenters. The van der Waals surface area contributed by atoms with Crippen molar-refractivity contribution in [2.24, 2.45) is 0 Å². The summed E-state index contributed by atoms with van der Waals surface area (Å²) in [6, 6.07) is 11.4. The first-order valence-electron chi connectivity index (χ1n) is 9.88. The second kappa shape index (κ2) is 9.55. The monoisotopic (exact) mass is 492 g/mol. The zero-order valence-corrected chi connectivity index (χ0v) is 19.7. The van der Waals surface area contributed by atoms with Crippen molar-refractivity contribution in [1.82, 2.24) is 10.2 Å². The molecule has 0 saturated heterocycles. The molecule has 1 aromatic heterocycles. The number of anilines is 2. The third kappa shape index (κ3) is 5.45. The summed E-state index contributed by atoms with van der Waals surface area (Å²) < 4.78 is 39.0. The quantitative estimate of drug-likeness (QED) is 0.376. The lowest BCUT2D eigenvalue weighted by Crippen LogP contribution is -2.34. The molecule has 11 heteroatoms. The van der Waals surface area contributed by atoms with Crippen molar-refractivity contribution in [3.63, 3.8) is 0 Å². The summed E-state index contributed by atoms with van der Waals surface area (Å²) in [6.45, 7) is 0.960. The Labute approximate surface area is 194 Å². The average Bonchev–Trinajstić information content (AvgIpc) is 3.23. The first-order chi connectivity index (χ1) is 15.3. The van der Waals surface area contributed by atoms with E-state index in [-0.39, 0.29) is 17.4 Å². The summed E-state index contributed by atoms with van der Waals surface area (Å²) in [6.07, 6.45) is 2.67. The number of hydrogen-bond acceptors (Lipinski definition) is 8. The van der Waals surface area contributed by atoms with Gasteiger partial charge in [-0.15, -0.1) is 10.2 Å². The standard InChI is InChI=1S/C21H21FN4O3S3/c1-32(28,29)26-10-2-3-15-11-16(6-9-18(15)26)19(27)13-30-21-25-24-20(31-21)23-12-14-4-7-17(22)8-5-14/h4-9,11H,2-3,10,12-13H2,1H3,(H,23,24). The van der Waals surface area contributed by atoms with Gasteiger partial charge in [0.15, 0.2) is 10.1 Å². The van der Waals surface area contributed by atoms with Crippen molar-refractivity contribution in [2.75, 3.05) is 28.2 Å². The molecule has 0 bridgehead atoms. The third-order valence-corrected chi connectivity index (χ3v) is 8.16. The molecule has 4 rings (SSSR count). The van der Waals surface area contributed by atoms with Crippen molar-refractivity contribution in [3.05, 3.63) is 65.0 Å². The van der Waals surface area contributed by atoms with Gasteiger partial charge in [-0.3, -0.25) is 9.10 Å². The molecule has 32 heavy (non-hydrogen) atoms. The van der Waals surface area contributed by atoms with E-state index < -0.39 is 10.0 Å².